The molecule has 3 fully saturated rings. The van der Waals surface area contributed by atoms with E-state index in [9.17, 15) is 13.2 Å². The zero-order chi connectivity index (χ0) is 18.6. The van der Waals surface area contributed by atoms with Crippen molar-refractivity contribution >= 4 is 15.9 Å². The normalized spacial score (nSPS) is 24.3. The van der Waals surface area contributed by atoms with E-state index in [-0.39, 0.29) is 36.0 Å². The Morgan fingerprint density at radius 2 is 1.96 bits per heavy atom. The van der Waals surface area contributed by atoms with Crippen LogP contribution in [0.5, 0.6) is 0 Å². The fourth-order valence-corrected chi connectivity index (χ4v) is 5.10. The third kappa shape index (κ3) is 2.57. The Balaban J connectivity index is 1.65. The summed E-state index contributed by atoms with van der Waals surface area (Å²) in [6.07, 6.45) is 1.54. The predicted molar refractivity (Wildman–Crippen MR) is 91.7 cm³/mol. The molecule has 3 aliphatic rings. The van der Waals surface area contributed by atoms with Gasteiger partial charge in [0.2, 0.25) is 16.8 Å². The zero-order valence-electron chi connectivity index (χ0n) is 14.9. The van der Waals surface area contributed by atoms with Crippen LogP contribution in [0.25, 0.3) is 11.5 Å². The minimum atomic E-state index is -3.83. The first-order chi connectivity index (χ1) is 12.3. The van der Waals surface area contributed by atoms with Gasteiger partial charge in [-0.25, -0.2) is 8.42 Å². The number of nitrogens with zero attached hydrogens (tertiary/aromatic N) is 3. The zero-order valence-corrected chi connectivity index (χ0v) is 15.7. The first-order valence-corrected chi connectivity index (χ1v) is 10.0. The second kappa shape index (κ2) is 5.95. The van der Waals surface area contributed by atoms with Crippen LogP contribution in [-0.2, 0) is 14.8 Å². The smallest absolute Gasteiger partial charge is 0.276 e. The Morgan fingerprint density at radius 1 is 1.19 bits per heavy atom. The Labute approximate surface area is 151 Å². The van der Waals surface area contributed by atoms with E-state index in [1.54, 1.807) is 18.0 Å². The molecule has 26 heavy (non-hydrogen) atoms. The number of aryl methyl sites for hydroxylation is 1. The largest absolute Gasteiger partial charge is 0.440 e. The maximum absolute atomic E-state index is 13.1. The third-order valence-corrected chi connectivity index (χ3v) is 7.19. The number of hydrogen-bond acceptors (Lipinski definition) is 6. The van der Waals surface area contributed by atoms with E-state index in [0.717, 1.165) is 24.1 Å². The van der Waals surface area contributed by atoms with Crippen LogP contribution in [-0.4, -0.2) is 54.9 Å². The van der Waals surface area contributed by atoms with Gasteiger partial charge in [0.05, 0.1) is 11.6 Å². The van der Waals surface area contributed by atoms with Crippen molar-refractivity contribution in [3.63, 3.8) is 0 Å². The van der Waals surface area contributed by atoms with Gasteiger partial charge in [-0.1, -0.05) is 5.16 Å². The molecule has 0 N–H and O–H groups in total. The average Bonchev–Trinajstić information content (AvgIpc) is 3.11. The summed E-state index contributed by atoms with van der Waals surface area (Å²) in [6.45, 7) is 4.13. The summed E-state index contributed by atoms with van der Waals surface area (Å²) in [4.78, 5) is 14.0. The van der Waals surface area contributed by atoms with Crippen molar-refractivity contribution in [2.75, 3.05) is 20.1 Å². The van der Waals surface area contributed by atoms with Gasteiger partial charge in [-0.2, -0.15) is 4.31 Å². The van der Waals surface area contributed by atoms with Crippen LogP contribution in [0.1, 0.15) is 24.1 Å². The molecule has 0 spiro atoms. The quantitative estimate of drug-likeness (QED) is 0.807. The van der Waals surface area contributed by atoms with Crippen LogP contribution >= 0.6 is 0 Å². The number of sulfonamides is 1. The summed E-state index contributed by atoms with van der Waals surface area (Å²) in [6, 6.07) is 2.91. The Bertz CT molecular complexity index is 961. The number of carbonyl (C=O) groups is 1. The molecule has 0 aliphatic carbocycles. The molecule has 0 unspecified atom stereocenters. The number of amides is 1. The molecule has 1 amide bonds. The second-order valence-electron chi connectivity index (χ2n) is 7.04. The topological polar surface area (TPSA) is 96.9 Å². The monoisotopic (exact) mass is 379 g/mol. The Kier molecular flexibility index (Phi) is 3.96. The van der Waals surface area contributed by atoms with Crippen molar-refractivity contribution in [3.8, 4) is 11.5 Å². The van der Waals surface area contributed by atoms with Crippen LogP contribution < -0.4 is 0 Å². The average molecular weight is 379 g/mol. The highest BCUT2D eigenvalue weighted by atomic mass is 32.2. The van der Waals surface area contributed by atoms with Crippen molar-refractivity contribution < 1.29 is 22.2 Å². The molecule has 2 aromatic heterocycles. The molecule has 9 heteroatoms. The van der Waals surface area contributed by atoms with Gasteiger partial charge in [0.15, 0.2) is 5.76 Å². The van der Waals surface area contributed by atoms with Crippen molar-refractivity contribution in [3.05, 3.63) is 23.4 Å². The second-order valence-corrected chi connectivity index (χ2v) is 8.91. The molecule has 3 saturated heterocycles. The van der Waals surface area contributed by atoms with E-state index in [2.05, 4.69) is 5.16 Å². The lowest BCUT2D eigenvalue weighted by molar-refractivity contribution is -0.138. The van der Waals surface area contributed by atoms with Crippen molar-refractivity contribution in [1.29, 1.82) is 0 Å². The molecule has 3 aliphatic heterocycles. The first-order valence-electron chi connectivity index (χ1n) is 8.59. The maximum Gasteiger partial charge on any atom is 0.276 e. The summed E-state index contributed by atoms with van der Waals surface area (Å²) in [5.74, 6) is 0.483. The standard InChI is InChI=1S/C17H21N3O5S/c1-10-11(2)18-25-16(10)14-6-7-15(24-14)26(22,23)20-8-12-4-5-13(9-20)19(3)17(12)21/h6-7,12-13H,4-5,8-9H2,1-3H3/t12-,13+/m0/s1. The number of aromatic nitrogens is 1. The van der Waals surface area contributed by atoms with E-state index in [1.165, 1.54) is 10.4 Å². The van der Waals surface area contributed by atoms with E-state index in [0.29, 0.717) is 11.5 Å². The number of furan rings is 1. The Hall–Kier alpha value is -2.13. The van der Waals surface area contributed by atoms with Gasteiger partial charge < -0.3 is 13.8 Å². The number of hydrogen-bond donors (Lipinski definition) is 0. The predicted octanol–water partition coefficient (Wildman–Crippen LogP) is 1.79. The van der Waals surface area contributed by atoms with Gasteiger partial charge in [-0.15, -0.1) is 0 Å². The number of rotatable bonds is 3. The summed E-state index contributed by atoms with van der Waals surface area (Å²) in [5, 5.41) is 3.73. The minimum Gasteiger partial charge on any atom is -0.440 e. The lowest BCUT2D eigenvalue weighted by Gasteiger charge is -2.32. The molecule has 2 aromatic rings. The first kappa shape index (κ1) is 17.3. The Morgan fingerprint density at radius 3 is 2.65 bits per heavy atom. The molecule has 140 valence electrons. The van der Waals surface area contributed by atoms with E-state index >= 15 is 0 Å². The molecule has 2 bridgehead atoms. The highest BCUT2D eigenvalue weighted by Gasteiger charge is 2.43. The van der Waals surface area contributed by atoms with Crippen molar-refractivity contribution in [2.24, 2.45) is 5.92 Å². The molecule has 0 radical (unpaired) electrons. The van der Waals surface area contributed by atoms with E-state index in [4.69, 9.17) is 8.94 Å². The SMILES string of the molecule is Cc1noc(-c2ccc(S(=O)(=O)N3C[C@@H]4CC[C@H](C3)N(C)C4=O)o2)c1C. The summed E-state index contributed by atoms with van der Waals surface area (Å²) in [5.41, 5.74) is 1.54. The molecular weight excluding hydrogens is 358 g/mol. The fourth-order valence-electron chi connectivity index (χ4n) is 3.67. The lowest BCUT2D eigenvalue weighted by atomic mass is 9.95. The van der Waals surface area contributed by atoms with Crippen LogP contribution in [0.4, 0.5) is 0 Å². The van der Waals surface area contributed by atoms with Gasteiger partial charge in [-0.3, -0.25) is 4.79 Å². The summed E-state index contributed by atoms with van der Waals surface area (Å²) >= 11 is 0. The third-order valence-electron chi connectivity index (χ3n) is 5.49. The van der Waals surface area contributed by atoms with Gasteiger partial charge in [-0.05, 0) is 38.8 Å². The molecule has 2 atom stereocenters. The molecule has 8 nitrogen and oxygen atoms in total. The summed E-state index contributed by atoms with van der Waals surface area (Å²) in [7, 11) is -2.08. The van der Waals surface area contributed by atoms with E-state index in [1.807, 2.05) is 13.8 Å². The molecule has 5 rings (SSSR count). The van der Waals surface area contributed by atoms with Crippen LogP contribution in [0.3, 0.4) is 0 Å². The summed E-state index contributed by atoms with van der Waals surface area (Å²) < 4.78 is 38.3. The highest BCUT2D eigenvalue weighted by Crippen LogP contribution is 2.33. The number of carbonyl (C=O) groups excluding carboxylic acids is 1. The highest BCUT2D eigenvalue weighted by molar-refractivity contribution is 7.89. The van der Waals surface area contributed by atoms with Crippen LogP contribution in [0.15, 0.2) is 26.2 Å². The van der Waals surface area contributed by atoms with Gasteiger partial charge >= 0.3 is 0 Å². The molecule has 0 aromatic carbocycles. The van der Waals surface area contributed by atoms with Crippen LogP contribution in [0.2, 0.25) is 0 Å². The van der Waals surface area contributed by atoms with Gasteiger partial charge in [0, 0.05) is 31.7 Å². The molecule has 5 heterocycles. The van der Waals surface area contributed by atoms with Crippen molar-refractivity contribution in [1.82, 2.24) is 14.4 Å². The fraction of sp³-hybridized carbons (Fsp3) is 0.529. The maximum atomic E-state index is 13.1. The van der Waals surface area contributed by atoms with E-state index < -0.39 is 10.0 Å². The number of fused-ring (bicyclic) bond motifs is 4. The van der Waals surface area contributed by atoms with Crippen molar-refractivity contribution in [2.45, 2.75) is 37.8 Å². The molecule has 0 saturated carbocycles. The van der Waals surface area contributed by atoms with Crippen LogP contribution in [0, 0.1) is 19.8 Å². The van der Waals surface area contributed by atoms with Gasteiger partial charge in [0.1, 0.15) is 0 Å². The number of likely N-dealkylation sites (N-methyl/N-ethyl adjacent to an activating group) is 1. The molecular formula is C17H21N3O5S. The van der Waals surface area contributed by atoms with Gasteiger partial charge in [0.25, 0.3) is 10.0 Å². The minimum absolute atomic E-state index is 0.0202. The number of piperidine rings is 1. The lowest BCUT2D eigenvalue weighted by Crippen LogP contribution is -2.45.